The number of nitrogens with zero attached hydrogens (tertiary/aromatic N) is 3. The molecule has 2 aromatic carbocycles. The van der Waals surface area contributed by atoms with Crippen LogP contribution in [0.4, 0.5) is 24.8 Å². The molecule has 1 aromatic heterocycles. The van der Waals surface area contributed by atoms with E-state index in [-0.39, 0.29) is 41.4 Å². The number of anilines is 2. The van der Waals surface area contributed by atoms with Gasteiger partial charge in [0.1, 0.15) is 5.75 Å². The van der Waals surface area contributed by atoms with Crippen LogP contribution in [0.15, 0.2) is 48.5 Å². The molecule has 1 saturated heterocycles. The molecule has 1 atom stereocenters. The fraction of sp³-hybridized carbons (Fsp3) is 0.286. The molecule has 0 saturated carbocycles. The summed E-state index contributed by atoms with van der Waals surface area (Å²) in [7, 11) is 0. The summed E-state index contributed by atoms with van der Waals surface area (Å²) >= 11 is 0. The molecule has 168 valence electrons. The van der Waals surface area contributed by atoms with Gasteiger partial charge in [0.25, 0.3) is 0 Å². The number of carbonyl (C=O) groups excluding carboxylic acids is 1. The van der Waals surface area contributed by atoms with Gasteiger partial charge >= 0.3 is 35.9 Å². The van der Waals surface area contributed by atoms with Crippen LogP contribution in [0.25, 0.3) is 17.1 Å². The van der Waals surface area contributed by atoms with E-state index in [1.54, 1.807) is 30.7 Å². The summed E-state index contributed by atoms with van der Waals surface area (Å²) in [5, 5.41) is 10.2. The molecule has 1 unspecified atom stereocenters. The van der Waals surface area contributed by atoms with Gasteiger partial charge in [-0.1, -0.05) is 12.1 Å². The van der Waals surface area contributed by atoms with Crippen molar-refractivity contribution in [3.05, 3.63) is 48.5 Å². The molecule has 0 spiro atoms. The molecule has 3 aromatic rings. The molecule has 33 heavy (non-hydrogen) atoms. The van der Waals surface area contributed by atoms with E-state index >= 15 is 0 Å². The van der Waals surface area contributed by atoms with Gasteiger partial charge in [-0.2, -0.15) is 9.67 Å². The third-order valence-corrected chi connectivity index (χ3v) is 4.77. The van der Waals surface area contributed by atoms with Gasteiger partial charge in [0.05, 0.1) is 18.2 Å². The molecule has 2 heterocycles. The normalized spacial score (nSPS) is 15.5. The molecular formula is C21H19F3N5NaO3. The number of halogens is 3. The van der Waals surface area contributed by atoms with Crippen molar-refractivity contribution in [1.82, 2.24) is 14.8 Å². The van der Waals surface area contributed by atoms with Gasteiger partial charge in [0.15, 0.2) is 5.82 Å². The largest absolute Gasteiger partial charge is 1.00 e. The van der Waals surface area contributed by atoms with E-state index in [4.69, 9.17) is 4.74 Å². The summed E-state index contributed by atoms with van der Waals surface area (Å²) < 4.78 is 48.4. The number of hydrogen-bond donors (Lipinski definition) is 2. The first-order chi connectivity index (χ1) is 15.4. The van der Waals surface area contributed by atoms with Gasteiger partial charge in [-0.05, 0) is 37.1 Å². The summed E-state index contributed by atoms with van der Waals surface area (Å²) in [6, 6.07) is 12.2. The fourth-order valence-electron chi connectivity index (χ4n) is 3.29. The molecular weight excluding hydrogens is 450 g/mol. The zero-order valence-electron chi connectivity index (χ0n) is 17.7. The molecule has 0 aliphatic carbocycles. The smallest absolute Gasteiger partial charge is 0.490 e. The number of benzene rings is 2. The van der Waals surface area contributed by atoms with Crippen molar-refractivity contribution in [2.75, 3.05) is 23.8 Å². The van der Waals surface area contributed by atoms with Crippen LogP contribution in [-0.2, 0) is 9.53 Å². The van der Waals surface area contributed by atoms with E-state index in [0.29, 0.717) is 41.9 Å². The zero-order valence-corrected chi connectivity index (χ0v) is 19.7. The average Bonchev–Trinajstić information content (AvgIpc) is 3.42. The molecule has 0 bridgehead atoms. The standard InChI is InChI=1S/C21H19F3N5O3.Na/c22-21(23,24)32-17-9-7-16(8-10-17)29-20(25-12-18-2-1-11-31-18)27-19(28-29)14-3-5-15(6-4-14)26-13-30;/h3-10,18H,1-2,11-12H2,(H,26,30)(H,25,27,28);/q-1;+1. The molecule has 2 N–H and O–H groups in total. The molecule has 0 radical (unpaired) electrons. The van der Waals surface area contributed by atoms with Crippen molar-refractivity contribution in [3.63, 3.8) is 0 Å². The summed E-state index contributed by atoms with van der Waals surface area (Å²) in [4.78, 5) is 15.0. The summed E-state index contributed by atoms with van der Waals surface area (Å²) in [6.07, 6.45) is -1.19. The van der Waals surface area contributed by atoms with Crippen molar-refractivity contribution >= 4 is 18.0 Å². The predicted molar refractivity (Wildman–Crippen MR) is 110 cm³/mol. The number of aromatic nitrogens is 3. The van der Waals surface area contributed by atoms with Gasteiger partial charge in [-0.3, -0.25) is 0 Å². The van der Waals surface area contributed by atoms with Crippen molar-refractivity contribution < 1.29 is 57.0 Å². The van der Waals surface area contributed by atoms with Crippen LogP contribution in [0.1, 0.15) is 12.8 Å². The van der Waals surface area contributed by atoms with Crippen LogP contribution in [0.5, 0.6) is 5.75 Å². The van der Waals surface area contributed by atoms with Crippen molar-refractivity contribution in [2.24, 2.45) is 0 Å². The minimum absolute atomic E-state index is 0. The number of ether oxygens (including phenoxy) is 2. The SMILES string of the molecule is O=[C-]Nc1ccc(-c2nc(NCC3CCCO3)n(-c3ccc(OC(F)(F)F)cc3)n2)cc1.[Na+]. The molecule has 4 rings (SSSR count). The van der Waals surface area contributed by atoms with E-state index in [1.165, 1.54) is 28.9 Å². The first-order valence-electron chi connectivity index (χ1n) is 9.83. The van der Waals surface area contributed by atoms with E-state index in [9.17, 15) is 18.0 Å². The molecule has 12 heteroatoms. The van der Waals surface area contributed by atoms with Crippen LogP contribution in [0.2, 0.25) is 0 Å². The molecule has 1 amide bonds. The van der Waals surface area contributed by atoms with Crippen LogP contribution in [0, 0.1) is 0 Å². The third kappa shape index (κ3) is 6.70. The van der Waals surface area contributed by atoms with Gasteiger partial charge < -0.3 is 24.9 Å². The van der Waals surface area contributed by atoms with Crippen molar-refractivity contribution in [1.29, 1.82) is 0 Å². The van der Waals surface area contributed by atoms with E-state index < -0.39 is 6.36 Å². The van der Waals surface area contributed by atoms with Crippen LogP contribution < -0.4 is 44.9 Å². The summed E-state index contributed by atoms with van der Waals surface area (Å²) in [6.45, 7) is 1.23. The van der Waals surface area contributed by atoms with Crippen LogP contribution in [-0.4, -0.2) is 46.8 Å². The van der Waals surface area contributed by atoms with Crippen LogP contribution >= 0.6 is 0 Å². The Morgan fingerprint density at radius 1 is 1.15 bits per heavy atom. The maximum atomic E-state index is 12.4. The van der Waals surface area contributed by atoms with E-state index in [2.05, 4.69) is 25.5 Å². The molecule has 8 nitrogen and oxygen atoms in total. The number of hydrogen-bond acceptors (Lipinski definition) is 6. The van der Waals surface area contributed by atoms with Crippen molar-refractivity contribution in [3.8, 4) is 22.8 Å². The second-order valence-corrected chi connectivity index (χ2v) is 7.03. The second-order valence-electron chi connectivity index (χ2n) is 7.03. The first kappa shape index (κ1) is 25.0. The molecule has 1 aliphatic heterocycles. The van der Waals surface area contributed by atoms with Gasteiger partial charge in [-0.25, -0.2) is 0 Å². The molecule has 1 aliphatic rings. The fourth-order valence-corrected chi connectivity index (χ4v) is 3.29. The molecule has 1 fully saturated rings. The first-order valence-corrected chi connectivity index (χ1v) is 9.83. The number of nitrogens with one attached hydrogen (secondary N) is 2. The quantitative estimate of drug-likeness (QED) is 0.290. The third-order valence-electron chi connectivity index (χ3n) is 4.77. The Labute approximate surface area is 209 Å². The topological polar surface area (TPSA) is 90.3 Å². The maximum Gasteiger partial charge on any atom is 1.00 e. The zero-order chi connectivity index (χ0) is 22.6. The average molecular weight is 469 g/mol. The maximum absolute atomic E-state index is 12.4. The monoisotopic (exact) mass is 469 g/mol. The Hall–Kier alpha value is -2.60. The summed E-state index contributed by atoms with van der Waals surface area (Å²) in [5.41, 5.74) is 1.76. The number of rotatable bonds is 8. The Kier molecular flexibility index (Phi) is 8.35. The Morgan fingerprint density at radius 3 is 2.48 bits per heavy atom. The Morgan fingerprint density at radius 2 is 1.88 bits per heavy atom. The van der Waals surface area contributed by atoms with Gasteiger partial charge in [-0.15, -0.1) is 36.1 Å². The Balaban J connectivity index is 0.00000306. The second kappa shape index (κ2) is 11.0. The minimum Gasteiger partial charge on any atom is -0.490 e. The minimum atomic E-state index is -4.77. The number of amides is 1. The van der Waals surface area contributed by atoms with Gasteiger partial charge in [0, 0.05) is 18.7 Å². The van der Waals surface area contributed by atoms with Crippen LogP contribution in [0.3, 0.4) is 0 Å². The predicted octanol–water partition coefficient (Wildman–Crippen LogP) is 0.907. The van der Waals surface area contributed by atoms with Gasteiger partial charge in [0.2, 0.25) is 5.95 Å². The summed E-state index contributed by atoms with van der Waals surface area (Å²) in [5.74, 6) is 0.492. The van der Waals surface area contributed by atoms with E-state index in [0.717, 1.165) is 12.8 Å². The number of alkyl halides is 3. The van der Waals surface area contributed by atoms with Crippen molar-refractivity contribution in [2.45, 2.75) is 25.3 Å². The Bertz CT molecular complexity index is 1050. The van der Waals surface area contributed by atoms with E-state index in [1.807, 2.05) is 0 Å².